The number of ether oxygens (including phenoxy) is 1. The van der Waals surface area contributed by atoms with Gasteiger partial charge in [0.1, 0.15) is 5.75 Å². The highest BCUT2D eigenvalue weighted by atomic mass is 35.5. The summed E-state index contributed by atoms with van der Waals surface area (Å²) in [4.78, 5) is 23.4. The number of thiazole rings is 1. The monoisotopic (exact) mass is 475 g/mol. The first-order valence-corrected chi connectivity index (χ1v) is 11.8. The fraction of sp³-hybridized carbons (Fsp3) is 0.167. The number of aromatic nitrogens is 4. The van der Waals surface area contributed by atoms with Crippen molar-refractivity contribution < 1.29 is 9.53 Å². The van der Waals surface area contributed by atoms with Crippen LogP contribution in [0.3, 0.4) is 0 Å². The number of hydrogen-bond acceptors (Lipinski definition) is 6. The molecule has 1 amide bonds. The van der Waals surface area contributed by atoms with Gasteiger partial charge in [-0.2, -0.15) is 4.98 Å². The lowest BCUT2D eigenvalue weighted by molar-refractivity contribution is 0.102. The number of nitrogens with zero attached hydrogens (tertiary/aromatic N) is 4. The van der Waals surface area contributed by atoms with Crippen molar-refractivity contribution >= 4 is 50.7 Å². The second-order valence-corrected chi connectivity index (χ2v) is 9.14. The fourth-order valence-corrected chi connectivity index (χ4v) is 5.38. The van der Waals surface area contributed by atoms with Gasteiger partial charge in [0.2, 0.25) is 4.96 Å². The molecular formula is C24H18ClN5O2S. The zero-order valence-corrected chi connectivity index (χ0v) is 19.2. The molecule has 0 unspecified atom stereocenters. The van der Waals surface area contributed by atoms with Crippen LogP contribution in [0.25, 0.3) is 27.1 Å². The Morgan fingerprint density at radius 1 is 1.18 bits per heavy atom. The van der Waals surface area contributed by atoms with Gasteiger partial charge in [0.15, 0.2) is 0 Å². The standard InChI is InChI=1S/C24H18ClN5O2S/c1-32-15-5-2-4-13(10-15)20-12-33-24-28-23(29-30(20)24)27-22(31)21-16-6-3-7-18(16)26-19-9-8-14(25)11-17(19)21/h2,4-5,8-12H,3,6-7H2,1H3,(H,27,29,31). The molecule has 164 valence electrons. The molecule has 0 bridgehead atoms. The van der Waals surface area contributed by atoms with Gasteiger partial charge in [-0.25, -0.2) is 4.52 Å². The van der Waals surface area contributed by atoms with Gasteiger partial charge in [-0.3, -0.25) is 15.1 Å². The van der Waals surface area contributed by atoms with Crippen molar-refractivity contribution in [1.82, 2.24) is 19.6 Å². The molecule has 0 saturated carbocycles. The molecule has 0 aliphatic heterocycles. The number of methoxy groups -OCH3 is 1. The summed E-state index contributed by atoms with van der Waals surface area (Å²) < 4.78 is 7.08. The van der Waals surface area contributed by atoms with Crippen molar-refractivity contribution in [2.24, 2.45) is 0 Å². The maximum Gasteiger partial charge on any atom is 0.259 e. The summed E-state index contributed by atoms with van der Waals surface area (Å²) in [5, 5.41) is 10.8. The Hall–Kier alpha value is -3.49. The molecule has 7 nitrogen and oxygen atoms in total. The maximum absolute atomic E-state index is 13.5. The summed E-state index contributed by atoms with van der Waals surface area (Å²) in [5.41, 5.74) is 5.18. The molecule has 33 heavy (non-hydrogen) atoms. The summed E-state index contributed by atoms with van der Waals surface area (Å²) >= 11 is 7.71. The van der Waals surface area contributed by atoms with Gasteiger partial charge in [0, 0.05) is 27.0 Å². The summed E-state index contributed by atoms with van der Waals surface area (Å²) in [7, 11) is 1.64. The lowest BCUT2D eigenvalue weighted by Crippen LogP contribution is -2.16. The van der Waals surface area contributed by atoms with Crippen LogP contribution in [-0.2, 0) is 12.8 Å². The average molecular weight is 476 g/mol. The first kappa shape index (κ1) is 20.1. The van der Waals surface area contributed by atoms with Crippen LogP contribution >= 0.6 is 22.9 Å². The van der Waals surface area contributed by atoms with Gasteiger partial charge >= 0.3 is 0 Å². The normalized spacial score (nSPS) is 12.9. The highest BCUT2D eigenvalue weighted by Crippen LogP contribution is 2.32. The van der Waals surface area contributed by atoms with E-state index in [0.717, 1.165) is 58.4 Å². The van der Waals surface area contributed by atoms with Crippen LogP contribution < -0.4 is 10.1 Å². The van der Waals surface area contributed by atoms with E-state index in [9.17, 15) is 4.79 Å². The van der Waals surface area contributed by atoms with Crippen molar-refractivity contribution in [3.8, 4) is 17.0 Å². The van der Waals surface area contributed by atoms with Crippen LogP contribution in [0.4, 0.5) is 5.95 Å². The number of carbonyl (C=O) groups is 1. The van der Waals surface area contributed by atoms with Crippen molar-refractivity contribution in [2.45, 2.75) is 19.3 Å². The van der Waals surface area contributed by atoms with E-state index < -0.39 is 0 Å². The lowest BCUT2D eigenvalue weighted by atomic mass is 10.0. The van der Waals surface area contributed by atoms with E-state index in [2.05, 4.69) is 15.4 Å². The Morgan fingerprint density at radius 3 is 2.97 bits per heavy atom. The first-order valence-electron chi connectivity index (χ1n) is 10.5. The van der Waals surface area contributed by atoms with Crippen molar-refractivity contribution in [3.05, 3.63) is 69.7 Å². The number of anilines is 1. The van der Waals surface area contributed by atoms with Crippen molar-refractivity contribution in [1.29, 1.82) is 0 Å². The van der Waals surface area contributed by atoms with Gasteiger partial charge in [-0.1, -0.05) is 23.7 Å². The van der Waals surface area contributed by atoms with Crippen LogP contribution in [0.5, 0.6) is 5.75 Å². The van der Waals surface area contributed by atoms with Crippen molar-refractivity contribution in [3.63, 3.8) is 0 Å². The average Bonchev–Trinajstić information content (AvgIpc) is 3.53. The number of hydrogen-bond donors (Lipinski definition) is 1. The van der Waals surface area contributed by atoms with E-state index in [1.807, 2.05) is 35.7 Å². The number of benzene rings is 2. The molecular weight excluding hydrogens is 458 g/mol. The number of amides is 1. The number of rotatable bonds is 4. The predicted molar refractivity (Wildman–Crippen MR) is 130 cm³/mol. The summed E-state index contributed by atoms with van der Waals surface area (Å²) in [6.45, 7) is 0. The Kier molecular flexibility index (Phi) is 4.78. The van der Waals surface area contributed by atoms with Crippen LogP contribution in [-0.4, -0.2) is 32.6 Å². The van der Waals surface area contributed by atoms with Gasteiger partial charge in [0.25, 0.3) is 11.9 Å². The Balaban J connectivity index is 1.39. The van der Waals surface area contributed by atoms with Crippen LogP contribution in [0.1, 0.15) is 28.0 Å². The minimum atomic E-state index is -0.246. The molecule has 1 N–H and O–H groups in total. The quantitative estimate of drug-likeness (QED) is 0.376. The van der Waals surface area contributed by atoms with E-state index >= 15 is 0 Å². The van der Waals surface area contributed by atoms with Crippen molar-refractivity contribution in [2.75, 3.05) is 12.4 Å². The second-order valence-electron chi connectivity index (χ2n) is 7.86. The minimum Gasteiger partial charge on any atom is -0.497 e. The molecule has 0 radical (unpaired) electrons. The zero-order valence-electron chi connectivity index (χ0n) is 17.6. The third kappa shape index (κ3) is 3.42. The number of pyridine rings is 1. The molecule has 3 aromatic heterocycles. The fourth-order valence-electron chi connectivity index (χ4n) is 4.37. The minimum absolute atomic E-state index is 0.246. The Morgan fingerprint density at radius 2 is 2.09 bits per heavy atom. The summed E-state index contributed by atoms with van der Waals surface area (Å²) in [5.74, 6) is 0.774. The van der Waals surface area contributed by atoms with Crippen LogP contribution in [0, 0.1) is 0 Å². The van der Waals surface area contributed by atoms with Gasteiger partial charge < -0.3 is 4.74 Å². The molecule has 0 spiro atoms. The highest BCUT2D eigenvalue weighted by molar-refractivity contribution is 7.15. The topological polar surface area (TPSA) is 81.4 Å². The Bertz CT molecular complexity index is 1560. The van der Waals surface area contributed by atoms with E-state index in [0.29, 0.717) is 15.5 Å². The molecule has 6 rings (SSSR count). The second kappa shape index (κ2) is 7.83. The number of halogens is 1. The third-order valence-electron chi connectivity index (χ3n) is 5.87. The van der Waals surface area contributed by atoms with E-state index in [1.165, 1.54) is 11.3 Å². The molecule has 2 aromatic carbocycles. The molecule has 9 heteroatoms. The lowest BCUT2D eigenvalue weighted by Gasteiger charge is -2.12. The van der Waals surface area contributed by atoms with Gasteiger partial charge in [0.05, 0.1) is 23.9 Å². The zero-order chi connectivity index (χ0) is 22.5. The van der Waals surface area contributed by atoms with E-state index in [-0.39, 0.29) is 11.9 Å². The Labute approximate surface area is 198 Å². The molecule has 1 aliphatic carbocycles. The third-order valence-corrected chi connectivity index (χ3v) is 6.92. The molecule has 0 saturated heterocycles. The first-order chi connectivity index (χ1) is 16.1. The predicted octanol–water partition coefficient (Wildman–Crippen LogP) is 5.41. The summed E-state index contributed by atoms with van der Waals surface area (Å²) in [6, 6.07) is 13.2. The number of aryl methyl sites for hydroxylation is 1. The maximum atomic E-state index is 13.5. The van der Waals surface area contributed by atoms with Gasteiger partial charge in [-0.15, -0.1) is 16.4 Å². The van der Waals surface area contributed by atoms with Crippen LogP contribution in [0.15, 0.2) is 47.8 Å². The molecule has 0 atom stereocenters. The number of fused-ring (bicyclic) bond motifs is 3. The molecule has 5 aromatic rings. The smallest absolute Gasteiger partial charge is 0.259 e. The molecule has 3 heterocycles. The number of nitrogens with one attached hydrogen (secondary N) is 1. The molecule has 1 aliphatic rings. The van der Waals surface area contributed by atoms with Gasteiger partial charge in [-0.05, 0) is 55.2 Å². The molecule has 0 fully saturated rings. The highest BCUT2D eigenvalue weighted by Gasteiger charge is 2.25. The summed E-state index contributed by atoms with van der Waals surface area (Å²) in [6.07, 6.45) is 2.67. The SMILES string of the molecule is COc1cccc(-c2csc3nc(NC(=O)c4c5c(nc6ccc(Cl)cc46)CCC5)nn23)c1. The number of carbonyl (C=O) groups excluding carboxylic acids is 1. The van der Waals surface area contributed by atoms with Crippen LogP contribution in [0.2, 0.25) is 5.02 Å². The van der Waals surface area contributed by atoms with E-state index in [4.69, 9.17) is 21.3 Å². The van der Waals surface area contributed by atoms with E-state index in [1.54, 1.807) is 23.8 Å². The largest absolute Gasteiger partial charge is 0.497 e.